The first kappa shape index (κ1) is 11.3. The molecule has 0 spiro atoms. The molecule has 1 heterocycles. The molecule has 1 aromatic rings. The summed E-state index contributed by atoms with van der Waals surface area (Å²) in [6.45, 7) is -0.0193. The summed E-state index contributed by atoms with van der Waals surface area (Å²) >= 11 is 0. The maximum atomic E-state index is 11.5. The zero-order chi connectivity index (χ0) is 12.4. The number of anilines is 1. The number of methoxy groups -OCH3 is 1. The van der Waals surface area contributed by atoms with Crippen molar-refractivity contribution in [2.75, 3.05) is 18.6 Å². The van der Waals surface area contributed by atoms with Crippen molar-refractivity contribution in [2.24, 2.45) is 0 Å². The number of aliphatic carboxylic acids is 1. The van der Waals surface area contributed by atoms with Gasteiger partial charge in [-0.3, -0.25) is 4.90 Å². The summed E-state index contributed by atoms with van der Waals surface area (Å²) < 4.78 is 9.83. The quantitative estimate of drug-likeness (QED) is 0.852. The van der Waals surface area contributed by atoms with Crippen molar-refractivity contribution in [1.29, 1.82) is 0 Å². The molecule has 1 amide bonds. The average molecular weight is 237 g/mol. The molecule has 17 heavy (non-hydrogen) atoms. The first-order valence-electron chi connectivity index (χ1n) is 4.97. The van der Waals surface area contributed by atoms with Crippen molar-refractivity contribution >= 4 is 17.7 Å². The molecule has 90 valence electrons. The standard InChI is InChI=1S/C11H11NO5/c1-16-8-5-3-2-4-7(8)12-6-9(10(13)14)17-11(12)15/h2-5,9H,6H2,1H3,(H,13,14)/t9-/m1/s1. The van der Waals surface area contributed by atoms with Crippen LogP contribution in [0.3, 0.4) is 0 Å². The van der Waals surface area contributed by atoms with E-state index in [-0.39, 0.29) is 6.54 Å². The van der Waals surface area contributed by atoms with Gasteiger partial charge >= 0.3 is 12.1 Å². The summed E-state index contributed by atoms with van der Waals surface area (Å²) in [5.41, 5.74) is 0.503. The number of hydrogen-bond acceptors (Lipinski definition) is 4. The van der Waals surface area contributed by atoms with Crippen molar-refractivity contribution in [1.82, 2.24) is 0 Å². The minimum atomic E-state index is -1.16. The van der Waals surface area contributed by atoms with Gasteiger partial charge in [0.1, 0.15) is 5.75 Å². The van der Waals surface area contributed by atoms with Crippen LogP contribution in [0, 0.1) is 0 Å². The van der Waals surface area contributed by atoms with Crippen LogP contribution in [0.2, 0.25) is 0 Å². The van der Waals surface area contributed by atoms with Gasteiger partial charge in [0.15, 0.2) is 0 Å². The van der Waals surface area contributed by atoms with Crippen LogP contribution in [0.1, 0.15) is 0 Å². The maximum Gasteiger partial charge on any atom is 0.415 e. The third-order valence-corrected chi connectivity index (χ3v) is 2.46. The lowest BCUT2D eigenvalue weighted by Crippen LogP contribution is -2.27. The molecule has 1 aromatic carbocycles. The van der Waals surface area contributed by atoms with Crippen molar-refractivity contribution in [3.8, 4) is 5.75 Å². The van der Waals surface area contributed by atoms with Gasteiger partial charge in [-0.1, -0.05) is 12.1 Å². The molecule has 6 heteroatoms. The Bertz CT molecular complexity index is 459. The van der Waals surface area contributed by atoms with Gasteiger partial charge in [0, 0.05) is 0 Å². The Labute approximate surface area is 97.4 Å². The van der Waals surface area contributed by atoms with E-state index in [1.165, 1.54) is 12.0 Å². The lowest BCUT2D eigenvalue weighted by molar-refractivity contribution is -0.144. The van der Waals surface area contributed by atoms with Crippen molar-refractivity contribution < 1.29 is 24.2 Å². The predicted molar refractivity (Wildman–Crippen MR) is 58.2 cm³/mol. The molecule has 1 atom stereocenters. The molecule has 1 aliphatic heterocycles. The smallest absolute Gasteiger partial charge is 0.415 e. The van der Waals surface area contributed by atoms with E-state index >= 15 is 0 Å². The van der Waals surface area contributed by atoms with Gasteiger partial charge in [-0.2, -0.15) is 0 Å². The molecule has 1 aliphatic rings. The van der Waals surface area contributed by atoms with Crippen LogP contribution in [0.5, 0.6) is 5.75 Å². The molecule has 1 fully saturated rings. The number of carboxylic acid groups (broad SMARTS) is 1. The summed E-state index contributed by atoms with van der Waals surface area (Å²) in [7, 11) is 1.48. The maximum absolute atomic E-state index is 11.5. The number of benzene rings is 1. The van der Waals surface area contributed by atoms with E-state index in [0.29, 0.717) is 11.4 Å². The SMILES string of the molecule is COc1ccccc1N1C[C@H](C(=O)O)OC1=O. The van der Waals surface area contributed by atoms with Crippen LogP contribution in [-0.2, 0) is 9.53 Å². The van der Waals surface area contributed by atoms with E-state index in [1.807, 2.05) is 0 Å². The summed E-state index contributed by atoms with van der Waals surface area (Å²) in [4.78, 5) is 23.5. The van der Waals surface area contributed by atoms with Gasteiger partial charge in [-0.05, 0) is 12.1 Å². The van der Waals surface area contributed by atoms with Gasteiger partial charge in [-0.15, -0.1) is 0 Å². The Morgan fingerprint density at radius 1 is 1.53 bits per heavy atom. The van der Waals surface area contributed by atoms with Crippen LogP contribution in [-0.4, -0.2) is 36.9 Å². The molecule has 0 aromatic heterocycles. The predicted octanol–water partition coefficient (Wildman–Crippen LogP) is 1.10. The van der Waals surface area contributed by atoms with Crippen molar-refractivity contribution in [3.63, 3.8) is 0 Å². The van der Waals surface area contributed by atoms with E-state index in [0.717, 1.165) is 0 Å². The fraction of sp³-hybridized carbons (Fsp3) is 0.273. The Morgan fingerprint density at radius 2 is 2.24 bits per heavy atom. The van der Waals surface area contributed by atoms with E-state index in [4.69, 9.17) is 14.6 Å². The number of ether oxygens (including phenoxy) is 2. The molecule has 1 N–H and O–H groups in total. The molecular formula is C11H11NO5. The largest absolute Gasteiger partial charge is 0.495 e. The number of carbonyl (C=O) groups is 2. The Balaban J connectivity index is 2.29. The zero-order valence-electron chi connectivity index (χ0n) is 9.12. The Kier molecular flexibility index (Phi) is 2.86. The zero-order valence-corrected chi connectivity index (χ0v) is 9.12. The number of rotatable bonds is 3. The van der Waals surface area contributed by atoms with E-state index in [2.05, 4.69) is 0 Å². The summed E-state index contributed by atoms with van der Waals surface area (Å²) in [6.07, 6.45) is -1.81. The number of cyclic esters (lactones) is 1. The minimum absolute atomic E-state index is 0.0193. The fourth-order valence-electron chi connectivity index (χ4n) is 1.64. The molecule has 6 nitrogen and oxygen atoms in total. The highest BCUT2D eigenvalue weighted by molar-refractivity contribution is 5.95. The highest BCUT2D eigenvalue weighted by Gasteiger charge is 2.37. The van der Waals surface area contributed by atoms with Gasteiger partial charge in [0.05, 0.1) is 19.3 Å². The Morgan fingerprint density at radius 3 is 2.82 bits per heavy atom. The van der Waals surface area contributed by atoms with Crippen LogP contribution in [0.15, 0.2) is 24.3 Å². The van der Waals surface area contributed by atoms with Crippen molar-refractivity contribution in [2.45, 2.75) is 6.10 Å². The summed E-state index contributed by atoms with van der Waals surface area (Å²) in [5, 5.41) is 8.79. The van der Waals surface area contributed by atoms with E-state index in [9.17, 15) is 9.59 Å². The molecular weight excluding hydrogens is 226 g/mol. The van der Waals surface area contributed by atoms with Gasteiger partial charge < -0.3 is 14.6 Å². The minimum Gasteiger partial charge on any atom is -0.495 e. The number of carbonyl (C=O) groups excluding carboxylic acids is 1. The molecule has 0 bridgehead atoms. The third-order valence-electron chi connectivity index (χ3n) is 2.46. The highest BCUT2D eigenvalue weighted by Crippen LogP contribution is 2.30. The van der Waals surface area contributed by atoms with E-state index < -0.39 is 18.2 Å². The van der Waals surface area contributed by atoms with Crippen LogP contribution >= 0.6 is 0 Å². The second kappa shape index (κ2) is 4.32. The van der Waals surface area contributed by atoms with Crippen LogP contribution < -0.4 is 9.64 Å². The molecule has 0 radical (unpaired) electrons. The van der Waals surface area contributed by atoms with Gasteiger partial charge in [-0.25, -0.2) is 9.59 Å². The molecule has 0 unspecified atom stereocenters. The first-order chi connectivity index (χ1) is 8.13. The second-order valence-electron chi connectivity index (χ2n) is 3.49. The van der Waals surface area contributed by atoms with Gasteiger partial charge in [0.25, 0.3) is 0 Å². The molecule has 0 saturated carbocycles. The molecule has 2 rings (SSSR count). The normalized spacial score (nSPS) is 19.0. The van der Waals surface area contributed by atoms with Crippen LogP contribution in [0.25, 0.3) is 0 Å². The van der Waals surface area contributed by atoms with E-state index in [1.54, 1.807) is 24.3 Å². The number of para-hydroxylation sites is 2. The fourth-order valence-corrected chi connectivity index (χ4v) is 1.64. The summed E-state index contributed by atoms with van der Waals surface area (Å²) in [6, 6.07) is 6.86. The van der Waals surface area contributed by atoms with Crippen LogP contribution in [0.4, 0.5) is 10.5 Å². The first-order valence-corrected chi connectivity index (χ1v) is 4.97. The number of hydrogen-bond donors (Lipinski definition) is 1. The monoisotopic (exact) mass is 237 g/mol. The lowest BCUT2D eigenvalue weighted by atomic mass is 10.2. The number of amides is 1. The number of carboxylic acids is 1. The average Bonchev–Trinajstić information content (AvgIpc) is 2.71. The van der Waals surface area contributed by atoms with Gasteiger partial charge in [0.2, 0.25) is 6.10 Å². The Hall–Kier alpha value is -2.24. The number of nitrogens with zero attached hydrogens (tertiary/aromatic N) is 1. The molecule has 0 aliphatic carbocycles. The molecule has 1 saturated heterocycles. The summed E-state index contributed by atoms with van der Waals surface area (Å²) in [5.74, 6) is -0.661. The second-order valence-corrected chi connectivity index (χ2v) is 3.49. The topological polar surface area (TPSA) is 76.1 Å². The lowest BCUT2D eigenvalue weighted by Gasteiger charge is -2.15. The third kappa shape index (κ3) is 2.01. The highest BCUT2D eigenvalue weighted by atomic mass is 16.6. The van der Waals surface area contributed by atoms with Crippen molar-refractivity contribution in [3.05, 3.63) is 24.3 Å².